The Morgan fingerprint density at radius 2 is 0.812 bits per heavy atom. The maximum absolute atomic E-state index is 14.9. The van der Waals surface area contributed by atoms with Gasteiger partial charge < -0.3 is 36.4 Å². The number of aromatic hydroxyl groups is 4. The van der Waals surface area contributed by atoms with E-state index < -0.39 is 5.82 Å². The third kappa shape index (κ3) is 13.4. The van der Waals surface area contributed by atoms with E-state index in [0.29, 0.717) is 84.0 Å². The average molecular weight is 1300 g/mol. The zero-order valence-electron chi connectivity index (χ0n) is 55.5. The summed E-state index contributed by atoms with van der Waals surface area (Å²) in [5.74, 6) is -0.768. The average Bonchev–Trinajstić information content (AvgIpc) is 1.55. The number of benzene rings is 3. The van der Waals surface area contributed by atoms with Crippen molar-refractivity contribution in [1.29, 1.82) is 0 Å². The van der Waals surface area contributed by atoms with Crippen LogP contribution in [0.3, 0.4) is 0 Å². The molecule has 3 fully saturated rings. The monoisotopic (exact) mass is 1300 g/mol. The summed E-state index contributed by atoms with van der Waals surface area (Å²) in [6, 6.07) is 16.7. The van der Waals surface area contributed by atoms with E-state index in [4.69, 9.17) is 0 Å². The van der Waals surface area contributed by atoms with Crippen LogP contribution in [0.15, 0.2) is 104 Å². The Bertz CT molecular complexity index is 4760. The number of H-pyrrole nitrogens is 2. The molecule has 0 aliphatic carbocycles. The first-order valence-electron chi connectivity index (χ1n) is 31.8. The first-order valence-corrected chi connectivity index (χ1v) is 31.8. The van der Waals surface area contributed by atoms with Crippen molar-refractivity contribution >= 4 is 33.5 Å². The van der Waals surface area contributed by atoms with Gasteiger partial charge in [0.25, 0.3) is 0 Å². The van der Waals surface area contributed by atoms with Crippen LogP contribution in [0.2, 0.25) is 0 Å². The SMILES string of the molecule is CC1(C)CC(n2nnc3cc(-c4c(O)cc(-c5cn[nH]c5)cc4F)nnc32)CC(C)(C)N1.CC1(C)CC(n2nnc3cc(-c4cc(O)c(-c5cn[nH]c5)cc4O)nnc32)CC(C)(C)N1.CC1(C)CC(n2nnc3cc(-c4ccc(-c5cnccn5)cc4O)nnc32)CC(C)(C)N1. The summed E-state index contributed by atoms with van der Waals surface area (Å²) >= 11 is 0. The molecule has 496 valence electrons. The van der Waals surface area contributed by atoms with Crippen LogP contribution in [0.4, 0.5) is 4.39 Å². The largest absolute Gasteiger partial charge is 0.507 e. The van der Waals surface area contributed by atoms with Crippen LogP contribution < -0.4 is 16.0 Å². The minimum absolute atomic E-state index is 0.00363. The molecule has 0 spiro atoms. The first kappa shape index (κ1) is 64.3. The van der Waals surface area contributed by atoms with Crippen LogP contribution in [-0.4, -0.2) is 160 Å². The Morgan fingerprint density at radius 1 is 0.396 bits per heavy atom. The summed E-state index contributed by atoms with van der Waals surface area (Å²) < 4.78 is 20.5. The van der Waals surface area contributed by atoms with Crippen molar-refractivity contribution in [3.8, 4) is 90.3 Å². The Labute approximate surface area is 551 Å². The van der Waals surface area contributed by atoms with E-state index in [2.05, 4.69) is 191 Å². The van der Waals surface area contributed by atoms with Gasteiger partial charge in [0.2, 0.25) is 16.9 Å². The minimum Gasteiger partial charge on any atom is -0.507 e. The standard InChI is InChI=1S/C23H26N8O.C22H25FN8O.C22H26N8O2/c1-22(2)11-15(12-23(3,4)29-22)31-21-18(27-30-31)10-17(26-28-21)16-6-5-14(9-20(16)32)19-13-24-7-8-25-19;1-21(2)8-14(9-22(3,4)29-21)31-20-17(27-30-31)7-16(26-28-20)19-15(23)5-12(6-18(19)32)13-10-24-25-11-13;1-21(2)8-13(9-22(3,4)28-21)30-20-17(26-29-30)7-16(25-27-20)15-6-18(31)14(5-19(15)32)12-10-23-24-11-12/h5-10,13,15,29,32H,11-12H2,1-4H3;5-7,10-11,14,29,32H,8-9H2,1-4H3,(H,24,25);5-7,10-11,13,28,31-32H,8-9H2,1-4H3,(H,23,24). The molecular formula is C67H77FN24O4. The number of hydrogen-bond acceptors (Lipinski definition) is 23. The normalized spacial score (nSPS) is 18.2. The molecule has 15 rings (SSSR count). The number of nitrogens with zero attached hydrogens (tertiary/aromatic N) is 19. The molecule has 12 heterocycles. The maximum atomic E-state index is 14.9. The zero-order valence-corrected chi connectivity index (χ0v) is 55.5. The number of rotatable bonds is 9. The Morgan fingerprint density at radius 3 is 1.25 bits per heavy atom. The number of piperidine rings is 3. The highest BCUT2D eigenvalue weighted by molar-refractivity contribution is 5.83. The highest BCUT2D eigenvalue weighted by Crippen LogP contribution is 2.43. The molecule has 3 aliphatic rings. The number of fused-ring (bicyclic) bond motifs is 3. The summed E-state index contributed by atoms with van der Waals surface area (Å²) in [5, 5.41) is 119. The van der Waals surface area contributed by atoms with Crippen molar-refractivity contribution in [2.75, 3.05) is 0 Å². The Balaban J connectivity index is 0.000000130. The van der Waals surface area contributed by atoms with Gasteiger partial charge in [-0.25, -0.2) is 18.4 Å². The second-order valence-electron chi connectivity index (χ2n) is 29.3. The van der Waals surface area contributed by atoms with Crippen molar-refractivity contribution in [2.45, 2.75) is 173 Å². The molecule has 12 aromatic rings. The van der Waals surface area contributed by atoms with Gasteiger partial charge in [0.15, 0.2) is 0 Å². The fourth-order valence-electron chi connectivity index (χ4n) is 14.9. The number of aromatic nitrogens is 21. The van der Waals surface area contributed by atoms with Gasteiger partial charge in [0.05, 0.1) is 59.4 Å². The van der Waals surface area contributed by atoms with Crippen LogP contribution in [0.1, 0.15) is 140 Å². The van der Waals surface area contributed by atoms with E-state index in [1.165, 1.54) is 24.3 Å². The topological polar surface area (TPSA) is 370 Å². The maximum Gasteiger partial charge on any atom is 0.201 e. The highest BCUT2D eigenvalue weighted by atomic mass is 19.1. The van der Waals surface area contributed by atoms with Crippen molar-refractivity contribution in [3.05, 3.63) is 110 Å². The fourth-order valence-corrected chi connectivity index (χ4v) is 14.9. The fraction of sp³-hybridized carbons (Fsp3) is 0.403. The van der Waals surface area contributed by atoms with Crippen molar-refractivity contribution in [1.82, 2.24) is 122 Å². The molecule has 0 amide bonds. The number of phenolic OH excluding ortho intramolecular Hbond substituents is 4. The Kier molecular flexibility index (Phi) is 16.2. The number of halogens is 1. The van der Waals surface area contributed by atoms with Crippen LogP contribution in [-0.2, 0) is 0 Å². The number of aromatic amines is 2. The lowest BCUT2D eigenvalue weighted by atomic mass is 9.79. The van der Waals surface area contributed by atoms with Crippen LogP contribution in [0.5, 0.6) is 23.0 Å². The molecule has 3 aliphatic heterocycles. The first-order chi connectivity index (χ1) is 45.4. The third-order valence-electron chi connectivity index (χ3n) is 17.7. The summed E-state index contributed by atoms with van der Waals surface area (Å²) in [7, 11) is 0. The second-order valence-corrected chi connectivity index (χ2v) is 29.3. The van der Waals surface area contributed by atoms with Crippen molar-refractivity contribution in [2.24, 2.45) is 0 Å². The summed E-state index contributed by atoms with van der Waals surface area (Å²) in [6.45, 7) is 26.2. The molecule has 3 saturated heterocycles. The molecule has 29 heteroatoms. The van der Waals surface area contributed by atoms with Crippen LogP contribution in [0.25, 0.3) is 101 Å². The molecule has 0 unspecified atom stereocenters. The Hall–Kier alpha value is -10.4. The van der Waals surface area contributed by atoms with Gasteiger partial charge in [0.1, 0.15) is 51.1 Å². The second kappa shape index (κ2) is 24.1. The molecule has 0 bridgehead atoms. The summed E-state index contributed by atoms with van der Waals surface area (Å²) in [6.07, 6.45) is 16.6. The van der Waals surface area contributed by atoms with Gasteiger partial charge in [-0.05, 0) is 182 Å². The molecule has 0 atom stereocenters. The molecule has 9 aromatic heterocycles. The molecular weight excluding hydrogens is 1220 g/mol. The van der Waals surface area contributed by atoms with Gasteiger partial charge >= 0.3 is 0 Å². The van der Waals surface area contributed by atoms with E-state index >= 15 is 0 Å². The van der Waals surface area contributed by atoms with Crippen LogP contribution in [0, 0.1) is 5.82 Å². The van der Waals surface area contributed by atoms with Gasteiger partial charge in [0, 0.05) is 91.4 Å². The lowest BCUT2D eigenvalue weighted by Gasteiger charge is -2.46. The molecule has 28 nitrogen and oxygen atoms in total. The van der Waals surface area contributed by atoms with Gasteiger partial charge in [-0.1, -0.05) is 21.7 Å². The van der Waals surface area contributed by atoms with E-state index in [-0.39, 0.29) is 85.6 Å². The van der Waals surface area contributed by atoms with Crippen molar-refractivity contribution < 1.29 is 24.8 Å². The van der Waals surface area contributed by atoms with Crippen molar-refractivity contribution in [3.63, 3.8) is 0 Å². The lowest BCUT2D eigenvalue weighted by Crippen LogP contribution is -2.58. The molecule has 96 heavy (non-hydrogen) atoms. The van der Waals surface area contributed by atoms with Crippen LogP contribution >= 0.6 is 0 Å². The minimum atomic E-state index is -0.607. The predicted molar refractivity (Wildman–Crippen MR) is 357 cm³/mol. The number of phenols is 4. The zero-order chi connectivity index (χ0) is 67.9. The number of nitrogens with one attached hydrogen (secondary N) is 5. The molecule has 9 N–H and O–H groups in total. The number of hydrogen-bond donors (Lipinski definition) is 9. The summed E-state index contributed by atoms with van der Waals surface area (Å²) in [5.41, 5.74) is 9.12. The highest BCUT2D eigenvalue weighted by Gasteiger charge is 2.42. The molecule has 3 aromatic carbocycles. The van der Waals surface area contributed by atoms with E-state index in [9.17, 15) is 24.8 Å². The summed E-state index contributed by atoms with van der Waals surface area (Å²) in [4.78, 5) is 8.35. The third-order valence-corrected chi connectivity index (χ3v) is 17.7. The quantitative estimate of drug-likeness (QED) is 0.0606. The predicted octanol–water partition coefficient (Wildman–Crippen LogP) is 10.3. The van der Waals surface area contributed by atoms with E-state index in [1.54, 1.807) is 67.6 Å². The van der Waals surface area contributed by atoms with Gasteiger partial charge in [-0.3, -0.25) is 20.2 Å². The van der Waals surface area contributed by atoms with Gasteiger partial charge in [-0.15, -0.1) is 45.9 Å². The lowest BCUT2D eigenvalue weighted by molar-refractivity contribution is 0.126. The molecule has 0 radical (unpaired) electrons. The smallest absolute Gasteiger partial charge is 0.201 e. The van der Waals surface area contributed by atoms with Gasteiger partial charge in [-0.2, -0.15) is 10.2 Å². The molecule has 0 saturated carbocycles. The van der Waals surface area contributed by atoms with E-state index in [0.717, 1.165) is 44.1 Å². The van der Waals surface area contributed by atoms with E-state index in [1.807, 2.05) is 26.2 Å².